The van der Waals surface area contributed by atoms with Gasteiger partial charge in [-0.15, -0.1) is 0 Å². The van der Waals surface area contributed by atoms with Gasteiger partial charge in [-0.25, -0.2) is 4.98 Å². The highest BCUT2D eigenvalue weighted by molar-refractivity contribution is 5.79. The van der Waals surface area contributed by atoms with Crippen molar-refractivity contribution in [3.8, 4) is 5.75 Å². The molecule has 0 atom stereocenters. The van der Waals surface area contributed by atoms with Crippen molar-refractivity contribution < 1.29 is 18.3 Å². The molecule has 134 valence electrons. The molecule has 1 aromatic heterocycles. The Hall–Kier alpha value is -2.44. The fourth-order valence-corrected chi connectivity index (χ4v) is 3.02. The van der Waals surface area contributed by atoms with Crippen LogP contribution in [0.25, 0.3) is 0 Å². The summed E-state index contributed by atoms with van der Waals surface area (Å²) in [5, 5.41) is 2.81. The first kappa shape index (κ1) is 17.4. The second kappa shape index (κ2) is 8.09. The van der Waals surface area contributed by atoms with Gasteiger partial charge in [0.05, 0.1) is 12.1 Å². The van der Waals surface area contributed by atoms with Crippen molar-refractivity contribution in [3.63, 3.8) is 0 Å². The molecule has 1 N–H and O–H groups in total. The van der Waals surface area contributed by atoms with Gasteiger partial charge in [0.1, 0.15) is 11.6 Å². The maximum atomic E-state index is 12.4. The number of alkyl halides is 2. The van der Waals surface area contributed by atoms with Crippen molar-refractivity contribution in [2.45, 2.75) is 45.3 Å². The molecule has 0 unspecified atom stereocenters. The summed E-state index contributed by atoms with van der Waals surface area (Å²) in [7, 11) is 0. The smallest absolute Gasteiger partial charge is 0.387 e. The van der Waals surface area contributed by atoms with Crippen LogP contribution in [-0.2, 0) is 30.6 Å². The number of carbonyl (C=O) groups is 1. The number of rotatable bonds is 7. The maximum Gasteiger partial charge on any atom is 0.387 e. The van der Waals surface area contributed by atoms with Crippen LogP contribution < -0.4 is 10.1 Å². The molecule has 25 heavy (non-hydrogen) atoms. The van der Waals surface area contributed by atoms with E-state index in [-0.39, 0.29) is 18.1 Å². The Morgan fingerprint density at radius 1 is 1.32 bits per heavy atom. The van der Waals surface area contributed by atoms with E-state index in [0.717, 1.165) is 24.5 Å². The van der Waals surface area contributed by atoms with Crippen LogP contribution in [0.3, 0.4) is 0 Å². The molecule has 2 heterocycles. The van der Waals surface area contributed by atoms with Crippen molar-refractivity contribution in [1.82, 2.24) is 14.9 Å². The van der Waals surface area contributed by atoms with Crippen LogP contribution in [0.1, 0.15) is 29.9 Å². The molecule has 0 spiro atoms. The minimum absolute atomic E-state index is 0.00256. The molecule has 0 aliphatic carbocycles. The van der Waals surface area contributed by atoms with Crippen LogP contribution in [-0.4, -0.2) is 28.6 Å². The number of halogens is 2. The van der Waals surface area contributed by atoms with E-state index in [1.165, 1.54) is 18.9 Å². The lowest BCUT2D eigenvalue weighted by molar-refractivity contribution is -0.120. The molecule has 2 aromatic rings. The van der Waals surface area contributed by atoms with E-state index in [1.807, 2.05) is 6.20 Å². The van der Waals surface area contributed by atoms with Crippen LogP contribution in [0, 0.1) is 0 Å². The maximum absolute atomic E-state index is 12.4. The van der Waals surface area contributed by atoms with Crippen molar-refractivity contribution >= 4 is 5.91 Å². The quantitative estimate of drug-likeness (QED) is 0.836. The van der Waals surface area contributed by atoms with Crippen LogP contribution in [0.5, 0.6) is 5.75 Å². The number of para-hydroxylation sites is 1. The van der Waals surface area contributed by atoms with Gasteiger partial charge in [0.2, 0.25) is 5.91 Å². The molecule has 0 saturated carbocycles. The van der Waals surface area contributed by atoms with E-state index in [9.17, 15) is 13.6 Å². The van der Waals surface area contributed by atoms with Gasteiger partial charge in [0, 0.05) is 37.7 Å². The zero-order chi connectivity index (χ0) is 17.6. The fraction of sp³-hybridized carbons (Fsp3) is 0.444. The van der Waals surface area contributed by atoms with Gasteiger partial charge >= 0.3 is 6.61 Å². The van der Waals surface area contributed by atoms with Crippen molar-refractivity contribution in [2.24, 2.45) is 0 Å². The molecule has 1 aromatic carbocycles. The fourth-order valence-electron chi connectivity index (χ4n) is 3.02. The van der Waals surface area contributed by atoms with E-state index in [0.29, 0.717) is 18.5 Å². The standard InChI is InChI=1S/C18H21F2N3O2/c19-18(20)25-15-6-2-1-5-13(15)11-17(24)21-9-8-14-12-23-10-4-3-7-16(23)22-14/h1-2,5-6,12,18H,3-4,7-11H2,(H,21,24). The molecule has 3 rings (SSSR count). The highest BCUT2D eigenvalue weighted by atomic mass is 19.3. The molecule has 1 aliphatic heterocycles. The Bertz CT molecular complexity index is 707. The number of imidazole rings is 1. The van der Waals surface area contributed by atoms with Gasteiger partial charge in [0.25, 0.3) is 0 Å². The molecule has 7 heteroatoms. The molecule has 0 bridgehead atoms. The molecule has 0 saturated heterocycles. The Morgan fingerprint density at radius 2 is 2.16 bits per heavy atom. The number of aryl methyl sites for hydroxylation is 2. The summed E-state index contributed by atoms with van der Waals surface area (Å²) in [6.45, 7) is -1.43. The van der Waals surface area contributed by atoms with Gasteiger partial charge in [-0.05, 0) is 18.9 Å². The third-order valence-electron chi connectivity index (χ3n) is 4.20. The predicted octanol–water partition coefficient (Wildman–Crippen LogP) is 2.72. The molecular weight excluding hydrogens is 328 g/mol. The molecule has 0 radical (unpaired) electrons. The Kier molecular flexibility index (Phi) is 5.63. The summed E-state index contributed by atoms with van der Waals surface area (Å²) in [5.41, 5.74) is 1.41. The minimum atomic E-state index is -2.91. The highest BCUT2D eigenvalue weighted by Crippen LogP contribution is 2.20. The average Bonchev–Trinajstić information content (AvgIpc) is 2.99. The Balaban J connectivity index is 1.49. The number of ether oxygens (including phenoxy) is 1. The third-order valence-corrected chi connectivity index (χ3v) is 4.20. The van der Waals surface area contributed by atoms with Crippen LogP contribution in [0.2, 0.25) is 0 Å². The first-order chi connectivity index (χ1) is 12.1. The number of aromatic nitrogens is 2. The van der Waals surface area contributed by atoms with Gasteiger partial charge < -0.3 is 14.6 Å². The van der Waals surface area contributed by atoms with Crippen molar-refractivity contribution in [1.29, 1.82) is 0 Å². The van der Waals surface area contributed by atoms with E-state index < -0.39 is 6.61 Å². The lowest BCUT2D eigenvalue weighted by atomic mass is 10.1. The van der Waals surface area contributed by atoms with Gasteiger partial charge in [-0.2, -0.15) is 8.78 Å². The number of amides is 1. The van der Waals surface area contributed by atoms with Crippen molar-refractivity contribution in [2.75, 3.05) is 6.54 Å². The predicted molar refractivity (Wildman–Crippen MR) is 88.7 cm³/mol. The summed E-state index contributed by atoms with van der Waals surface area (Å²) in [6.07, 6.45) is 6.07. The second-order valence-corrected chi connectivity index (χ2v) is 6.06. The average molecular weight is 349 g/mol. The summed E-state index contributed by atoms with van der Waals surface area (Å²) in [6, 6.07) is 6.33. The number of hydrogen-bond donors (Lipinski definition) is 1. The zero-order valence-corrected chi connectivity index (χ0v) is 13.9. The zero-order valence-electron chi connectivity index (χ0n) is 13.9. The first-order valence-electron chi connectivity index (χ1n) is 8.46. The number of hydrogen-bond acceptors (Lipinski definition) is 3. The van der Waals surface area contributed by atoms with Crippen molar-refractivity contribution in [3.05, 3.63) is 47.5 Å². The monoisotopic (exact) mass is 349 g/mol. The van der Waals surface area contributed by atoms with E-state index >= 15 is 0 Å². The molecular formula is C18H21F2N3O2. The third kappa shape index (κ3) is 4.78. The normalized spacial score (nSPS) is 13.6. The number of nitrogens with zero attached hydrogens (tertiary/aromatic N) is 2. The second-order valence-electron chi connectivity index (χ2n) is 6.06. The lowest BCUT2D eigenvalue weighted by Crippen LogP contribution is -2.27. The number of fused-ring (bicyclic) bond motifs is 1. The van der Waals surface area contributed by atoms with E-state index in [2.05, 4.69) is 19.6 Å². The summed E-state index contributed by atoms with van der Waals surface area (Å²) in [5.74, 6) is 0.925. The van der Waals surface area contributed by atoms with Gasteiger partial charge in [-0.3, -0.25) is 4.79 Å². The largest absolute Gasteiger partial charge is 0.435 e. The molecule has 1 amide bonds. The number of carbonyl (C=O) groups excluding carboxylic acids is 1. The van der Waals surface area contributed by atoms with Gasteiger partial charge in [-0.1, -0.05) is 18.2 Å². The highest BCUT2D eigenvalue weighted by Gasteiger charge is 2.14. The summed E-state index contributed by atoms with van der Waals surface area (Å²) >= 11 is 0. The number of nitrogens with one attached hydrogen (secondary N) is 1. The van der Waals surface area contributed by atoms with Crippen LogP contribution >= 0.6 is 0 Å². The van der Waals surface area contributed by atoms with Crippen LogP contribution in [0.15, 0.2) is 30.5 Å². The summed E-state index contributed by atoms with van der Waals surface area (Å²) in [4.78, 5) is 16.6. The Labute approximate surface area is 145 Å². The Morgan fingerprint density at radius 3 is 2.96 bits per heavy atom. The first-order valence-corrected chi connectivity index (χ1v) is 8.46. The van der Waals surface area contributed by atoms with E-state index in [1.54, 1.807) is 18.2 Å². The van der Waals surface area contributed by atoms with E-state index in [4.69, 9.17) is 0 Å². The lowest BCUT2D eigenvalue weighted by Gasteiger charge is -2.11. The molecule has 5 nitrogen and oxygen atoms in total. The number of benzene rings is 1. The summed E-state index contributed by atoms with van der Waals surface area (Å²) < 4.78 is 31.4. The SMILES string of the molecule is O=C(Cc1ccccc1OC(F)F)NCCc1cn2c(n1)CCCC2. The van der Waals surface area contributed by atoms with Gasteiger partial charge in [0.15, 0.2) is 0 Å². The molecule has 0 fully saturated rings. The topological polar surface area (TPSA) is 56.1 Å². The van der Waals surface area contributed by atoms with Crippen LogP contribution in [0.4, 0.5) is 8.78 Å². The minimum Gasteiger partial charge on any atom is -0.435 e. The molecule has 1 aliphatic rings.